The number of carbonyl (C=O) groups excluding carboxylic acids is 1. The quantitative estimate of drug-likeness (QED) is 0.847. The fraction of sp³-hybridized carbons (Fsp3) is 0.533. The van der Waals surface area contributed by atoms with Crippen molar-refractivity contribution in [2.75, 3.05) is 19.6 Å². The number of nitrogens with zero attached hydrogens (tertiary/aromatic N) is 1. The van der Waals surface area contributed by atoms with Crippen LogP contribution in [-0.2, 0) is 0 Å². The SMILES string of the molecule is CC(CN)N1CCC(C(=O)c2ccc(F)cc2)CC1. The number of likely N-dealkylation sites (tertiary alicyclic amines) is 1. The van der Waals surface area contributed by atoms with E-state index in [2.05, 4.69) is 11.8 Å². The van der Waals surface area contributed by atoms with Gasteiger partial charge in [0, 0.05) is 24.1 Å². The van der Waals surface area contributed by atoms with Gasteiger partial charge in [0.05, 0.1) is 0 Å². The molecule has 0 radical (unpaired) electrons. The molecular weight excluding hydrogens is 243 g/mol. The fourth-order valence-electron chi connectivity index (χ4n) is 2.60. The average Bonchev–Trinajstić information content (AvgIpc) is 2.46. The number of ketones is 1. The lowest BCUT2D eigenvalue weighted by Crippen LogP contribution is -2.44. The Morgan fingerprint density at radius 2 is 1.95 bits per heavy atom. The standard InChI is InChI=1S/C15H21FN2O/c1-11(10-17)18-8-6-13(7-9-18)15(19)12-2-4-14(16)5-3-12/h2-5,11,13H,6-10,17H2,1H3. The van der Waals surface area contributed by atoms with E-state index in [1.54, 1.807) is 12.1 Å². The number of halogens is 1. The maximum Gasteiger partial charge on any atom is 0.166 e. The first-order valence-electron chi connectivity index (χ1n) is 6.85. The van der Waals surface area contributed by atoms with Crippen LogP contribution < -0.4 is 5.73 Å². The largest absolute Gasteiger partial charge is 0.329 e. The van der Waals surface area contributed by atoms with Crippen LogP contribution >= 0.6 is 0 Å². The number of Topliss-reactive ketones (excluding diaryl/α,β-unsaturated/α-hetero) is 1. The number of hydrogen-bond acceptors (Lipinski definition) is 3. The van der Waals surface area contributed by atoms with Crippen molar-refractivity contribution in [3.05, 3.63) is 35.6 Å². The van der Waals surface area contributed by atoms with Crippen LogP contribution in [0.25, 0.3) is 0 Å². The summed E-state index contributed by atoms with van der Waals surface area (Å²) in [5.74, 6) is -0.102. The third-order valence-electron chi connectivity index (χ3n) is 3.99. The van der Waals surface area contributed by atoms with E-state index < -0.39 is 0 Å². The van der Waals surface area contributed by atoms with Gasteiger partial charge in [0.25, 0.3) is 0 Å². The lowest BCUT2D eigenvalue weighted by molar-refractivity contribution is 0.0806. The third-order valence-corrected chi connectivity index (χ3v) is 3.99. The zero-order valence-electron chi connectivity index (χ0n) is 11.3. The van der Waals surface area contributed by atoms with E-state index in [1.165, 1.54) is 12.1 Å². The molecular formula is C15H21FN2O. The van der Waals surface area contributed by atoms with Crippen LogP contribution in [0, 0.1) is 11.7 Å². The molecule has 1 unspecified atom stereocenters. The van der Waals surface area contributed by atoms with Gasteiger partial charge in [-0.2, -0.15) is 0 Å². The van der Waals surface area contributed by atoms with Gasteiger partial charge in [0.1, 0.15) is 5.82 Å². The molecule has 1 aliphatic rings. The van der Waals surface area contributed by atoms with Crippen molar-refractivity contribution in [2.24, 2.45) is 11.7 Å². The first-order chi connectivity index (χ1) is 9.11. The minimum absolute atomic E-state index is 0.0617. The summed E-state index contributed by atoms with van der Waals surface area (Å²) in [4.78, 5) is 14.6. The molecule has 1 aromatic rings. The van der Waals surface area contributed by atoms with Crippen molar-refractivity contribution in [1.29, 1.82) is 0 Å². The van der Waals surface area contributed by atoms with Gasteiger partial charge in [-0.05, 0) is 57.1 Å². The molecule has 0 spiro atoms. The molecule has 19 heavy (non-hydrogen) atoms. The van der Waals surface area contributed by atoms with Gasteiger partial charge < -0.3 is 5.73 Å². The van der Waals surface area contributed by atoms with Gasteiger partial charge in [-0.1, -0.05) is 0 Å². The molecule has 0 aromatic heterocycles. The van der Waals surface area contributed by atoms with E-state index in [-0.39, 0.29) is 17.5 Å². The van der Waals surface area contributed by atoms with Gasteiger partial charge in [0.15, 0.2) is 5.78 Å². The number of rotatable bonds is 4. The predicted octanol–water partition coefficient (Wildman–Crippen LogP) is 2.07. The lowest BCUT2D eigenvalue weighted by atomic mass is 9.88. The molecule has 0 aliphatic carbocycles. The zero-order valence-corrected chi connectivity index (χ0v) is 11.3. The molecule has 4 heteroatoms. The smallest absolute Gasteiger partial charge is 0.166 e. The number of piperidine rings is 1. The molecule has 3 nitrogen and oxygen atoms in total. The fourth-order valence-corrected chi connectivity index (χ4v) is 2.60. The van der Waals surface area contributed by atoms with Crippen molar-refractivity contribution in [3.63, 3.8) is 0 Å². The molecule has 0 amide bonds. The molecule has 2 rings (SSSR count). The Bertz CT molecular complexity index is 424. The summed E-state index contributed by atoms with van der Waals surface area (Å²) in [5, 5.41) is 0. The first kappa shape index (κ1) is 14.2. The highest BCUT2D eigenvalue weighted by molar-refractivity contribution is 5.97. The van der Waals surface area contributed by atoms with E-state index in [9.17, 15) is 9.18 Å². The Morgan fingerprint density at radius 3 is 2.47 bits per heavy atom. The van der Waals surface area contributed by atoms with Crippen molar-refractivity contribution in [2.45, 2.75) is 25.8 Å². The molecule has 2 N–H and O–H groups in total. The van der Waals surface area contributed by atoms with Gasteiger partial charge in [-0.15, -0.1) is 0 Å². The van der Waals surface area contributed by atoms with Gasteiger partial charge in [-0.25, -0.2) is 4.39 Å². The summed E-state index contributed by atoms with van der Waals surface area (Å²) in [6.07, 6.45) is 1.72. The summed E-state index contributed by atoms with van der Waals surface area (Å²) >= 11 is 0. The Balaban J connectivity index is 1.94. The van der Waals surface area contributed by atoms with E-state index in [0.29, 0.717) is 18.2 Å². The Hall–Kier alpha value is -1.26. The molecule has 0 bridgehead atoms. The molecule has 0 saturated carbocycles. The second kappa shape index (κ2) is 6.26. The third kappa shape index (κ3) is 3.39. The number of hydrogen-bond donors (Lipinski definition) is 1. The number of carbonyl (C=O) groups is 1. The van der Waals surface area contributed by atoms with Crippen LogP contribution in [0.15, 0.2) is 24.3 Å². The summed E-state index contributed by atoms with van der Waals surface area (Å²) in [6.45, 7) is 4.59. The van der Waals surface area contributed by atoms with Crippen molar-refractivity contribution in [1.82, 2.24) is 4.90 Å². The monoisotopic (exact) mass is 264 g/mol. The summed E-state index contributed by atoms with van der Waals surface area (Å²) in [6, 6.07) is 6.22. The lowest BCUT2D eigenvalue weighted by Gasteiger charge is -2.35. The Morgan fingerprint density at radius 1 is 1.37 bits per heavy atom. The molecule has 1 aliphatic heterocycles. The highest BCUT2D eigenvalue weighted by atomic mass is 19.1. The van der Waals surface area contributed by atoms with Crippen LogP contribution in [0.1, 0.15) is 30.1 Å². The summed E-state index contributed by atoms with van der Waals surface area (Å²) in [5.41, 5.74) is 6.28. The second-order valence-electron chi connectivity index (χ2n) is 5.27. The molecule has 1 fully saturated rings. The van der Waals surface area contributed by atoms with Crippen molar-refractivity contribution < 1.29 is 9.18 Å². The van der Waals surface area contributed by atoms with E-state index in [0.717, 1.165) is 25.9 Å². The number of nitrogens with two attached hydrogens (primary N) is 1. The van der Waals surface area contributed by atoms with Gasteiger partial charge >= 0.3 is 0 Å². The first-order valence-corrected chi connectivity index (χ1v) is 6.85. The molecule has 1 saturated heterocycles. The summed E-state index contributed by atoms with van der Waals surface area (Å²) in [7, 11) is 0. The van der Waals surface area contributed by atoms with Crippen LogP contribution in [0.5, 0.6) is 0 Å². The zero-order chi connectivity index (χ0) is 13.8. The highest BCUT2D eigenvalue weighted by Gasteiger charge is 2.27. The van der Waals surface area contributed by atoms with E-state index in [4.69, 9.17) is 5.73 Å². The van der Waals surface area contributed by atoms with Crippen LogP contribution in [0.3, 0.4) is 0 Å². The molecule has 1 heterocycles. The minimum atomic E-state index is -0.303. The van der Waals surface area contributed by atoms with Gasteiger partial charge in [0.2, 0.25) is 0 Å². The van der Waals surface area contributed by atoms with E-state index >= 15 is 0 Å². The van der Waals surface area contributed by atoms with E-state index in [1.807, 2.05) is 0 Å². The van der Waals surface area contributed by atoms with Crippen molar-refractivity contribution in [3.8, 4) is 0 Å². The molecule has 1 atom stereocenters. The second-order valence-corrected chi connectivity index (χ2v) is 5.27. The Labute approximate surface area is 113 Å². The van der Waals surface area contributed by atoms with Crippen LogP contribution in [0.4, 0.5) is 4.39 Å². The molecule has 104 valence electrons. The Kier molecular flexibility index (Phi) is 4.66. The minimum Gasteiger partial charge on any atom is -0.329 e. The molecule has 1 aromatic carbocycles. The summed E-state index contributed by atoms with van der Waals surface area (Å²) < 4.78 is 12.8. The van der Waals surface area contributed by atoms with Crippen LogP contribution in [0.2, 0.25) is 0 Å². The predicted molar refractivity (Wildman–Crippen MR) is 73.5 cm³/mol. The number of benzene rings is 1. The topological polar surface area (TPSA) is 46.3 Å². The van der Waals surface area contributed by atoms with Gasteiger partial charge in [-0.3, -0.25) is 9.69 Å². The highest BCUT2D eigenvalue weighted by Crippen LogP contribution is 2.23. The van der Waals surface area contributed by atoms with Crippen molar-refractivity contribution >= 4 is 5.78 Å². The maximum atomic E-state index is 12.8. The average molecular weight is 264 g/mol. The van der Waals surface area contributed by atoms with Crippen LogP contribution in [-0.4, -0.2) is 36.4 Å². The maximum absolute atomic E-state index is 12.8. The normalized spacial score (nSPS) is 19.3.